The molecule has 0 aliphatic carbocycles. The van der Waals surface area contributed by atoms with Gasteiger partial charge >= 0.3 is 0 Å². The number of benzene rings is 1. The van der Waals surface area contributed by atoms with Crippen LogP contribution in [0.2, 0.25) is 0 Å². The molecule has 0 amide bonds. The van der Waals surface area contributed by atoms with Crippen LogP contribution >= 0.6 is 0 Å². The van der Waals surface area contributed by atoms with Crippen molar-refractivity contribution in [1.82, 2.24) is 9.62 Å². The highest BCUT2D eigenvalue weighted by molar-refractivity contribution is 7.89. The summed E-state index contributed by atoms with van der Waals surface area (Å²) in [6.07, 6.45) is 1.89. The molecule has 2 rings (SSSR count). The van der Waals surface area contributed by atoms with E-state index in [2.05, 4.69) is 16.5 Å². The van der Waals surface area contributed by atoms with Crippen molar-refractivity contribution in [2.24, 2.45) is 0 Å². The van der Waals surface area contributed by atoms with Gasteiger partial charge < -0.3 is 10.6 Å². The molecule has 0 radical (unpaired) electrons. The Hall–Kier alpha value is -1.11. The highest BCUT2D eigenvalue weighted by atomic mass is 32.2. The Morgan fingerprint density at radius 2 is 2.20 bits per heavy atom. The number of rotatable bonds is 4. The Balaban J connectivity index is 2.14. The smallest absolute Gasteiger partial charge is 0.242 e. The average Bonchev–Trinajstić information content (AvgIpc) is 2.37. The molecule has 0 saturated carbocycles. The molecule has 3 N–H and O–H groups in total. The number of nitrogen functional groups attached to an aromatic ring is 1. The van der Waals surface area contributed by atoms with E-state index in [1.165, 1.54) is 0 Å². The van der Waals surface area contributed by atoms with Crippen molar-refractivity contribution in [2.75, 3.05) is 25.4 Å². The van der Waals surface area contributed by atoms with E-state index >= 15 is 0 Å². The van der Waals surface area contributed by atoms with E-state index < -0.39 is 10.0 Å². The number of sulfonamides is 1. The van der Waals surface area contributed by atoms with E-state index in [0.29, 0.717) is 5.69 Å². The van der Waals surface area contributed by atoms with Gasteiger partial charge in [-0.15, -0.1) is 0 Å². The molecule has 0 spiro atoms. The number of nitrogens with zero attached hydrogens (tertiary/aromatic N) is 1. The minimum absolute atomic E-state index is 0.0330. The van der Waals surface area contributed by atoms with Gasteiger partial charge in [0.25, 0.3) is 0 Å². The molecule has 1 fully saturated rings. The molecule has 6 heteroatoms. The van der Waals surface area contributed by atoms with Crippen molar-refractivity contribution < 1.29 is 8.42 Å². The molecule has 1 heterocycles. The van der Waals surface area contributed by atoms with Crippen LogP contribution in [0.25, 0.3) is 0 Å². The Kier molecular flexibility index (Phi) is 4.67. The van der Waals surface area contributed by atoms with Gasteiger partial charge in [0.15, 0.2) is 0 Å². The summed E-state index contributed by atoms with van der Waals surface area (Å²) in [5.41, 5.74) is 7.10. The van der Waals surface area contributed by atoms with Gasteiger partial charge in [-0.05, 0) is 50.6 Å². The topological polar surface area (TPSA) is 75.4 Å². The number of nitrogens with two attached hydrogens (primary N) is 1. The zero-order valence-corrected chi connectivity index (χ0v) is 12.9. The minimum atomic E-state index is -3.54. The van der Waals surface area contributed by atoms with Crippen molar-refractivity contribution in [3.8, 4) is 0 Å². The molecule has 20 heavy (non-hydrogen) atoms. The normalized spacial score (nSPS) is 21.0. The lowest BCUT2D eigenvalue weighted by Gasteiger charge is -2.32. The van der Waals surface area contributed by atoms with Crippen molar-refractivity contribution in [2.45, 2.75) is 37.6 Å². The van der Waals surface area contributed by atoms with Crippen LogP contribution in [-0.2, 0) is 10.0 Å². The maximum atomic E-state index is 12.4. The zero-order chi connectivity index (χ0) is 14.8. The lowest BCUT2D eigenvalue weighted by atomic mass is 10.1. The molecule has 0 aromatic heterocycles. The summed E-state index contributed by atoms with van der Waals surface area (Å²) in [4.78, 5) is 2.44. The molecule has 1 aromatic carbocycles. The third-order valence-electron chi connectivity index (χ3n) is 3.73. The summed E-state index contributed by atoms with van der Waals surface area (Å²) in [6, 6.07) is 5.00. The number of piperidine rings is 1. The number of likely N-dealkylation sites (tertiary alicyclic amines) is 1. The van der Waals surface area contributed by atoms with Gasteiger partial charge in [-0.2, -0.15) is 0 Å². The van der Waals surface area contributed by atoms with Crippen LogP contribution in [0.5, 0.6) is 0 Å². The fraction of sp³-hybridized carbons (Fsp3) is 0.571. The predicted molar refractivity (Wildman–Crippen MR) is 81.0 cm³/mol. The van der Waals surface area contributed by atoms with Gasteiger partial charge in [-0.3, -0.25) is 0 Å². The number of hydrogen-bond donors (Lipinski definition) is 2. The number of anilines is 1. The molecule has 1 atom stereocenters. The second kappa shape index (κ2) is 6.11. The van der Waals surface area contributed by atoms with Crippen LogP contribution in [0.3, 0.4) is 0 Å². The SMILES string of the molecule is CCN1CCCC(NS(=O)(=O)c2ccc(C)cc2N)C1. The van der Waals surface area contributed by atoms with E-state index in [9.17, 15) is 8.42 Å². The van der Waals surface area contributed by atoms with Crippen LogP contribution in [0.1, 0.15) is 25.3 Å². The molecule has 1 aliphatic rings. The first-order valence-electron chi connectivity index (χ1n) is 7.03. The molecule has 1 aliphatic heterocycles. The van der Waals surface area contributed by atoms with E-state index in [0.717, 1.165) is 38.0 Å². The number of aryl methyl sites for hydroxylation is 1. The standard InChI is InChI=1S/C14H23N3O2S/c1-3-17-8-4-5-12(10-17)16-20(18,19)14-7-6-11(2)9-13(14)15/h6-7,9,12,16H,3-5,8,10,15H2,1-2H3. The van der Waals surface area contributed by atoms with Crippen molar-refractivity contribution in [3.05, 3.63) is 23.8 Å². The predicted octanol–water partition coefficient (Wildman–Crippen LogP) is 1.34. The van der Waals surface area contributed by atoms with E-state index in [1.807, 2.05) is 6.92 Å². The third kappa shape index (κ3) is 3.50. The van der Waals surface area contributed by atoms with Gasteiger partial charge in [0.05, 0.1) is 5.69 Å². The largest absolute Gasteiger partial charge is 0.398 e. The molecule has 0 bridgehead atoms. The summed E-state index contributed by atoms with van der Waals surface area (Å²) in [7, 11) is -3.54. The first-order chi connectivity index (χ1) is 9.42. The van der Waals surface area contributed by atoms with Crippen molar-refractivity contribution in [3.63, 3.8) is 0 Å². The van der Waals surface area contributed by atoms with Gasteiger partial charge in [-0.1, -0.05) is 13.0 Å². The lowest BCUT2D eigenvalue weighted by Crippen LogP contribution is -2.47. The fourth-order valence-electron chi connectivity index (χ4n) is 2.63. The number of likely N-dealkylation sites (N-methyl/N-ethyl adjacent to an activating group) is 1. The molecular formula is C14H23N3O2S. The highest BCUT2D eigenvalue weighted by Gasteiger charge is 2.25. The van der Waals surface area contributed by atoms with E-state index in [1.54, 1.807) is 18.2 Å². The maximum Gasteiger partial charge on any atom is 0.242 e. The molecule has 112 valence electrons. The summed E-state index contributed by atoms with van der Waals surface area (Å²) in [5, 5.41) is 0. The van der Waals surface area contributed by atoms with Crippen LogP contribution in [0, 0.1) is 6.92 Å². The molecular weight excluding hydrogens is 274 g/mol. The molecule has 1 saturated heterocycles. The Morgan fingerprint density at radius 3 is 2.85 bits per heavy atom. The van der Waals surface area contributed by atoms with Gasteiger partial charge in [0.1, 0.15) is 4.90 Å². The monoisotopic (exact) mass is 297 g/mol. The van der Waals surface area contributed by atoms with E-state index in [4.69, 9.17) is 5.73 Å². The quantitative estimate of drug-likeness (QED) is 0.822. The van der Waals surface area contributed by atoms with Gasteiger partial charge in [0.2, 0.25) is 10.0 Å². The Labute approximate surface area is 121 Å². The average molecular weight is 297 g/mol. The van der Waals surface area contributed by atoms with Crippen LogP contribution in [0.4, 0.5) is 5.69 Å². The zero-order valence-electron chi connectivity index (χ0n) is 12.1. The summed E-state index contributed by atoms with van der Waals surface area (Å²) in [5.74, 6) is 0. The van der Waals surface area contributed by atoms with Crippen LogP contribution < -0.4 is 10.5 Å². The first kappa shape index (κ1) is 15.3. The van der Waals surface area contributed by atoms with Crippen molar-refractivity contribution in [1.29, 1.82) is 0 Å². The van der Waals surface area contributed by atoms with Gasteiger partial charge in [-0.25, -0.2) is 13.1 Å². The van der Waals surface area contributed by atoms with Crippen molar-refractivity contribution >= 4 is 15.7 Å². The fourth-order valence-corrected chi connectivity index (χ4v) is 4.01. The second-order valence-corrected chi connectivity index (χ2v) is 7.08. The lowest BCUT2D eigenvalue weighted by molar-refractivity contribution is 0.211. The molecule has 5 nitrogen and oxygen atoms in total. The number of nitrogens with one attached hydrogen (secondary N) is 1. The highest BCUT2D eigenvalue weighted by Crippen LogP contribution is 2.21. The molecule has 1 unspecified atom stereocenters. The third-order valence-corrected chi connectivity index (χ3v) is 5.32. The number of hydrogen-bond acceptors (Lipinski definition) is 4. The van der Waals surface area contributed by atoms with Gasteiger partial charge in [0, 0.05) is 12.6 Å². The summed E-state index contributed by atoms with van der Waals surface area (Å²) >= 11 is 0. The Bertz CT molecular complexity index is 572. The summed E-state index contributed by atoms with van der Waals surface area (Å²) in [6.45, 7) is 6.74. The van der Waals surface area contributed by atoms with Crippen LogP contribution in [0.15, 0.2) is 23.1 Å². The minimum Gasteiger partial charge on any atom is -0.398 e. The molecule has 1 aromatic rings. The first-order valence-corrected chi connectivity index (χ1v) is 8.51. The Morgan fingerprint density at radius 1 is 1.45 bits per heavy atom. The van der Waals surface area contributed by atoms with E-state index in [-0.39, 0.29) is 10.9 Å². The maximum absolute atomic E-state index is 12.4. The second-order valence-electron chi connectivity index (χ2n) is 5.39. The van der Waals surface area contributed by atoms with Crippen LogP contribution in [-0.4, -0.2) is 39.0 Å². The summed E-state index contributed by atoms with van der Waals surface area (Å²) < 4.78 is 27.6.